The molecule has 170 valence electrons. The van der Waals surface area contributed by atoms with Gasteiger partial charge in [-0.1, -0.05) is 32.0 Å². The van der Waals surface area contributed by atoms with Crippen molar-refractivity contribution >= 4 is 23.1 Å². The van der Waals surface area contributed by atoms with Crippen molar-refractivity contribution < 1.29 is 27.5 Å². The maximum atomic E-state index is 13.1. The molecule has 8 heteroatoms. The van der Waals surface area contributed by atoms with E-state index >= 15 is 0 Å². The second kappa shape index (κ2) is 9.06. The number of hydrogen-bond donors (Lipinski definition) is 1. The molecule has 2 aromatic carbocycles. The van der Waals surface area contributed by atoms with E-state index in [2.05, 4.69) is 5.32 Å². The summed E-state index contributed by atoms with van der Waals surface area (Å²) < 4.78 is 45.0. The number of nitrogens with one attached hydrogen (secondary N) is 1. The summed E-state index contributed by atoms with van der Waals surface area (Å²) in [6, 6.07) is 10.8. The molecule has 2 amide bonds. The zero-order valence-electron chi connectivity index (χ0n) is 18.3. The molecule has 0 radical (unpaired) electrons. The lowest BCUT2D eigenvalue weighted by Crippen LogP contribution is -2.38. The minimum absolute atomic E-state index is 0.0566. The van der Waals surface area contributed by atoms with Crippen molar-refractivity contribution in [2.24, 2.45) is 5.92 Å². The monoisotopic (exact) mass is 446 g/mol. The van der Waals surface area contributed by atoms with Gasteiger partial charge in [0.15, 0.2) is 0 Å². The Labute approximate surface area is 184 Å². The number of benzene rings is 2. The molecule has 0 bridgehead atoms. The summed E-state index contributed by atoms with van der Waals surface area (Å²) in [5.74, 6) is -0.130. The molecule has 2 aromatic rings. The Morgan fingerprint density at radius 1 is 0.969 bits per heavy atom. The number of nitrogens with zero attached hydrogens (tertiary/aromatic N) is 1. The summed E-state index contributed by atoms with van der Waals surface area (Å²) in [7, 11) is 0. The topological polar surface area (TPSA) is 58.6 Å². The molecule has 1 aliphatic heterocycles. The van der Waals surface area contributed by atoms with E-state index in [1.807, 2.05) is 13.8 Å². The van der Waals surface area contributed by atoms with E-state index < -0.39 is 29.6 Å². The number of carbonyl (C=O) groups excluding carboxylic acids is 2. The smallest absolute Gasteiger partial charge is 0.416 e. The normalized spacial score (nSPS) is 14.7. The Bertz CT molecular complexity index is 1040. The molecule has 5 nitrogen and oxygen atoms in total. The molecule has 0 saturated heterocycles. The Morgan fingerprint density at radius 2 is 1.62 bits per heavy atom. The minimum atomic E-state index is -4.53. The van der Waals surface area contributed by atoms with Crippen molar-refractivity contribution in [2.75, 3.05) is 11.9 Å². The molecule has 0 atom stereocenters. The van der Waals surface area contributed by atoms with Crippen LogP contribution in [0.25, 0.3) is 5.57 Å². The molecule has 0 unspecified atom stereocenters. The fourth-order valence-electron chi connectivity index (χ4n) is 3.30. The van der Waals surface area contributed by atoms with Crippen molar-refractivity contribution in [2.45, 2.75) is 39.9 Å². The lowest BCUT2D eigenvalue weighted by atomic mass is 10.0. The lowest BCUT2D eigenvalue weighted by molar-refractivity contribution is -0.139. The average Bonchev–Trinajstić information content (AvgIpc) is 2.96. The van der Waals surface area contributed by atoms with Crippen LogP contribution in [0, 0.1) is 5.92 Å². The molecule has 1 aliphatic rings. The highest BCUT2D eigenvalue weighted by Gasteiger charge is 2.40. The molecule has 1 heterocycles. The first-order chi connectivity index (χ1) is 15.0. The molecule has 0 aliphatic carbocycles. The number of amides is 2. The number of alkyl halides is 3. The fraction of sp³-hybridized carbons (Fsp3) is 0.333. The van der Waals surface area contributed by atoms with Crippen LogP contribution in [0.3, 0.4) is 0 Å². The van der Waals surface area contributed by atoms with Gasteiger partial charge in [0.2, 0.25) is 0 Å². The van der Waals surface area contributed by atoms with Gasteiger partial charge < -0.3 is 10.1 Å². The van der Waals surface area contributed by atoms with Crippen LogP contribution in [0.1, 0.15) is 38.8 Å². The van der Waals surface area contributed by atoms with Crippen molar-refractivity contribution in [1.82, 2.24) is 4.90 Å². The Kier molecular flexibility index (Phi) is 6.62. The number of rotatable bonds is 7. The zero-order chi connectivity index (χ0) is 23.6. The van der Waals surface area contributed by atoms with E-state index in [-0.39, 0.29) is 17.0 Å². The standard InChI is InChI=1S/C24H25F3N2O3/c1-14(2)13-32-19-10-8-16(9-11-19)20-21(23(31)29(15(3)4)22(20)30)28-18-7-5-6-17(12-18)24(25,26)27/h5-12,14-15,28H,13H2,1-4H3. The van der Waals surface area contributed by atoms with Crippen LogP contribution < -0.4 is 10.1 Å². The van der Waals surface area contributed by atoms with E-state index in [0.717, 1.165) is 17.0 Å². The first-order valence-electron chi connectivity index (χ1n) is 10.3. The van der Waals surface area contributed by atoms with Gasteiger partial charge in [-0.25, -0.2) is 0 Å². The molecule has 3 rings (SSSR count). The second-order valence-corrected chi connectivity index (χ2v) is 8.26. The van der Waals surface area contributed by atoms with Gasteiger partial charge >= 0.3 is 6.18 Å². The first-order valence-corrected chi connectivity index (χ1v) is 10.3. The Morgan fingerprint density at radius 3 is 2.19 bits per heavy atom. The molecular weight excluding hydrogens is 421 g/mol. The van der Waals surface area contributed by atoms with Crippen molar-refractivity contribution in [3.8, 4) is 5.75 Å². The van der Waals surface area contributed by atoms with Crippen LogP contribution in [0.15, 0.2) is 54.2 Å². The molecular formula is C24H25F3N2O3. The summed E-state index contributed by atoms with van der Waals surface area (Å²) in [6.45, 7) is 7.97. The number of hydrogen-bond acceptors (Lipinski definition) is 4. The van der Waals surface area contributed by atoms with Gasteiger partial charge in [0.05, 0.1) is 17.7 Å². The van der Waals surface area contributed by atoms with Gasteiger partial charge in [-0.15, -0.1) is 0 Å². The van der Waals surface area contributed by atoms with E-state index in [1.54, 1.807) is 38.1 Å². The maximum Gasteiger partial charge on any atom is 0.416 e. The Hall–Kier alpha value is -3.29. The predicted molar refractivity (Wildman–Crippen MR) is 116 cm³/mol. The third-order valence-corrected chi connectivity index (χ3v) is 4.82. The SMILES string of the molecule is CC(C)COc1ccc(C2=C(Nc3cccc(C(F)(F)F)c3)C(=O)N(C(C)C)C2=O)cc1. The number of carbonyl (C=O) groups is 2. The highest BCUT2D eigenvalue weighted by atomic mass is 19.4. The summed E-state index contributed by atoms with van der Waals surface area (Å²) >= 11 is 0. The van der Waals surface area contributed by atoms with Gasteiger partial charge in [0.25, 0.3) is 11.8 Å². The van der Waals surface area contributed by atoms with Gasteiger partial charge in [-0.3, -0.25) is 14.5 Å². The van der Waals surface area contributed by atoms with E-state index in [9.17, 15) is 22.8 Å². The van der Waals surface area contributed by atoms with Crippen LogP contribution in [-0.2, 0) is 15.8 Å². The maximum absolute atomic E-state index is 13.1. The van der Waals surface area contributed by atoms with Crippen LogP contribution in [-0.4, -0.2) is 29.4 Å². The highest BCUT2D eigenvalue weighted by Crippen LogP contribution is 2.34. The van der Waals surface area contributed by atoms with Crippen molar-refractivity contribution in [1.29, 1.82) is 0 Å². The molecule has 1 N–H and O–H groups in total. The minimum Gasteiger partial charge on any atom is -0.493 e. The van der Waals surface area contributed by atoms with Crippen LogP contribution >= 0.6 is 0 Å². The van der Waals surface area contributed by atoms with Crippen molar-refractivity contribution in [3.05, 3.63) is 65.4 Å². The van der Waals surface area contributed by atoms with E-state index in [4.69, 9.17) is 4.74 Å². The first kappa shape index (κ1) is 23.4. The molecule has 32 heavy (non-hydrogen) atoms. The Balaban J connectivity index is 2.00. The molecule has 0 aromatic heterocycles. The third-order valence-electron chi connectivity index (χ3n) is 4.82. The summed E-state index contributed by atoms with van der Waals surface area (Å²) in [4.78, 5) is 27.2. The summed E-state index contributed by atoms with van der Waals surface area (Å²) in [5, 5.41) is 2.76. The molecule has 0 spiro atoms. The van der Waals surface area contributed by atoms with E-state index in [1.165, 1.54) is 12.1 Å². The highest BCUT2D eigenvalue weighted by molar-refractivity contribution is 6.36. The summed E-state index contributed by atoms with van der Waals surface area (Å²) in [6.07, 6.45) is -4.53. The largest absolute Gasteiger partial charge is 0.493 e. The quantitative estimate of drug-likeness (QED) is 0.584. The number of halogens is 3. The van der Waals surface area contributed by atoms with Crippen LogP contribution in [0.4, 0.5) is 18.9 Å². The van der Waals surface area contributed by atoms with Gasteiger partial charge in [-0.05, 0) is 55.7 Å². The van der Waals surface area contributed by atoms with Crippen LogP contribution in [0.2, 0.25) is 0 Å². The number of imide groups is 1. The van der Waals surface area contributed by atoms with Gasteiger partial charge in [0.1, 0.15) is 11.4 Å². The average molecular weight is 446 g/mol. The number of anilines is 1. The summed E-state index contributed by atoms with van der Waals surface area (Å²) in [5.41, 5.74) is -0.266. The third kappa shape index (κ3) is 4.95. The number of ether oxygens (including phenoxy) is 1. The molecule has 0 saturated carbocycles. The van der Waals surface area contributed by atoms with Gasteiger partial charge in [-0.2, -0.15) is 13.2 Å². The second-order valence-electron chi connectivity index (χ2n) is 8.26. The lowest BCUT2D eigenvalue weighted by Gasteiger charge is -2.19. The van der Waals surface area contributed by atoms with Crippen LogP contribution in [0.5, 0.6) is 5.75 Å². The fourth-order valence-corrected chi connectivity index (χ4v) is 3.30. The van der Waals surface area contributed by atoms with Gasteiger partial charge in [0, 0.05) is 11.7 Å². The molecule has 0 fully saturated rings. The predicted octanol–water partition coefficient (Wildman–Crippen LogP) is 5.34. The van der Waals surface area contributed by atoms with Crippen molar-refractivity contribution in [3.63, 3.8) is 0 Å². The van der Waals surface area contributed by atoms with E-state index in [0.29, 0.717) is 23.8 Å². The zero-order valence-corrected chi connectivity index (χ0v) is 18.3.